The van der Waals surface area contributed by atoms with E-state index in [4.69, 9.17) is 15.4 Å². The molecule has 150 valence electrons. The molecule has 3 aromatic rings. The molecule has 1 N–H and O–H groups in total. The number of benzene rings is 1. The number of hydrogen-bond acceptors (Lipinski definition) is 5. The minimum Gasteiger partial charge on any atom is -0.493 e. The van der Waals surface area contributed by atoms with Gasteiger partial charge in [0, 0.05) is 23.4 Å². The van der Waals surface area contributed by atoms with E-state index in [0.717, 1.165) is 24.1 Å². The summed E-state index contributed by atoms with van der Waals surface area (Å²) in [6.45, 7) is 6.21. The summed E-state index contributed by atoms with van der Waals surface area (Å²) in [5.41, 5.74) is 3.16. The fourth-order valence-corrected chi connectivity index (χ4v) is 4.11. The average Bonchev–Trinajstić information content (AvgIpc) is 2.87. The van der Waals surface area contributed by atoms with Crippen LogP contribution in [0.2, 0.25) is 0 Å². The highest BCUT2D eigenvalue weighted by Crippen LogP contribution is 2.32. The number of nitrogens with zero attached hydrogens (tertiary/aromatic N) is 2. The molecule has 2 aromatic heterocycles. The SMILES string of the molecule is CCCc1c(C)n(C)c2c(=O)[nH]c(-c3cc(S(=O)(=O)Cl)ccc3OCC)nc12. The third-order valence-electron chi connectivity index (χ3n) is 4.74. The maximum atomic E-state index is 12.8. The van der Waals surface area contributed by atoms with Gasteiger partial charge in [0.15, 0.2) is 0 Å². The van der Waals surface area contributed by atoms with Gasteiger partial charge in [-0.1, -0.05) is 13.3 Å². The number of aromatic nitrogens is 3. The molecule has 0 spiro atoms. The molecule has 2 heterocycles. The summed E-state index contributed by atoms with van der Waals surface area (Å²) >= 11 is 0. The number of rotatable bonds is 6. The van der Waals surface area contributed by atoms with Crippen LogP contribution >= 0.6 is 10.7 Å². The van der Waals surface area contributed by atoms with Crippen LogP contribution in [0.3, 0.4) is 0 Å². The molecule has 0 aliphatic carbocycles. The van der Waals surface area contributed by atoms with Crippen molar-refractivity contribution in [3.05, 3.63) is 39.8 Å². The zero-order valence-electron chi connectivity index (χ0n) is 16.2. The number of H-pyrrole nitrogens is 1. The Labute approximate surface area is 167 Å². The van der Waals surface area contributed by atoms with Crippen molar-refractivity contribution in [3.8, 4) is 17.1 Å². The summed E-state index contributed by atoms with van der Waals surface area (Å²) in [7, 11) is 3.39. The predicted molar refractivity (Wildman–Crippen MR) is 110 cm³/mol. The summed E-state index contributed by atoms with van der Waals surface area (Å²) in [5.74, 6) is 0.657. The molecule has 0 aliphatic rings. The van der Waals surface area contributed by atoms with Crippen molar-refractivity contribution >= 4 is 30.8 Å². The van der Waals surface area contributed by atoms with Gasteiger partial charge in [-0.3, -0.25) is 4.79 Å². The molecule has 0 unspecified atom stereocenters. The lowest BCUT2D eigenvalue weighted by atomic mass is 10.1. The van der Waals surface area contributed by atoms with Crippen LogP contribution < -0.4 is 10.3 Å². The standard InChI is InChI=1S/C19H22ClN3O4S/c1-5-7-13-11(3)23(4)17-16(13)21-18(22-19(17)24)14-10-12(28(20,25)26)8-9-15(14)27-6-2/h8-10H,5-7H2,1-4H3,(H,21,22,24). The van der Waals surface area contributed by atoms with Crippen LogP contribution in [0.15, 0.2) is 27.9 Å². The smallest absolute Gasteiger partial charge is 0.275 e. The Balaban J connectivity index is 2.35. The second kappa shape index (κ2) is 7.60. The van der Waals surface area contributed by atoms with Gasteiger partial charge in [0.1, 0.15) is 17.1 Å². The number of aromatic amines is 1. The number of hydrogen-bond donors (Lipinski definition) is 1. The molecule has 7 nitrogen and oxygen atoms in total. The van der Waals surface area contributed by atoms with E-state index in [0.29, 0.717) is 29.0 Å². The summed E-state index contributed by atoms with van der Waals surface area (Å²) in [6, 6.07) is 4.25. The van der Waals surface area contributed by atoms with E-state index in [-0.39, 0.29) is 16.3 Å². The Morgan fingerprint density at radius 1 is 1.29 bits per heavy atom. The first-order valence-corrected chi connectivity index (χ1v) is 11.3. The number of ether oxygens (including phenoxy) is 1. The maximum absolute atomic E-state index is 12.8. The lowest BCUT2D eigenvalue weighted by Gasteiger charge is -2.11. The molecule has 0 aliphatic heterocycles. The second-order valence-corrected chi connectivity index (χ2v) is 9.08. The van der Waals surface area contributed by atoms with Gasteiger partial charge in [0.05, 0.1) is 22.6 Å². The number of nitrogens with one attached hydrogen (secondary N) is 1. The fraction of sp³-hybridized carbons (Fsp3) is 0.368. The van der Waals surface area contributed by atoms with Crippen molar-refractivity contribution in [3.63, 3.8) is 0 Å². The fourth-order valence-electron chi connectivity index (χ4n) is 3.33. The first kappa shape index (κ1) is 20.4. The first-order valence-electron chi connectivity index (χ1n) is 8.99. The lowest BCUT2D eigenvalue weighted by molar-refractivity contribution is 0.341. The third-order valence-corrected chi connectivity index (χ3v) is 6.10. The Kier molecular flexibility index (Phi) is 5.54. The van der Waals surface area contributed by atoms with Crippen molar-refractivity contribution in [2.24, 2.45) is 7.05 Å². The minimum atomic E-state index is -3.94. The van der Waals surface area contributed by atoms with E-state index < -0.39 is 9.05 Å². The van der Waals surface area contributed by atoms with Gasteiger partial charge in [0.25, 0.3) is 14.6 Å². The zero-order chi connectivity index (χ0) is 20.6. The first-order chi connectivity index (χ1) is 13.2. The van der Waals surface area contributed by atoms with Gasteiger partial charge in [-0.05, 0) is 44.0 Å². The van der Waals surface area contributed by atoms with Gasteiger partial charge in [0.2, 0.25) is 0 Å². The van der Waals surface area contributed by atoms with Crippen LogP contribution in [0.4, 0.5) is 0 Å². The highest BCUT2D eigenvalue weighted by Gasteiger charge is 2.20. The maximum Gasteiger partial charge on any atom is 0.275 e. The Hall–Kier alpha value is -2.32. The van der Waals surface area contributed by atoms with E-state index in [9.17, 15) is 13.2 Å². The van der Waals surface area contributed by atoms with E-state index in [1.165, 1.54) is 18.2 Å². The minimum absolute atomic E-state index is 0.0895. The molecule has 28 heavy (non-hydrogen) atoms. The molecular weight excluding hydrogens is 402 g/mol. The summed E-state index contributed by atoms with van der Waals surface area (Å²) < 4.78 is 31.0. The zero-order valence-corrected chi connectivity index (χ0v) is 17.7. The van der Waals surface area contributed by atoms with E-state index >= 15 is 0 Å². The van der Waals surface area contributed by atoms with Crippen LogP contribution in [0, 0.1) is 6.92 Å². The van der Waals surface area contributed by atoms with Crippen molar-refractivity contribution in [1.29, 1.82) is 0 Å². The molecule has 0 bridgehead atoms. The number of halogens is 1. The van der Waals surface area contributed by atoms with E-state index in [1.54, 1.807) is 0 Å². The molecule has 9 heteroatoms. The molecule has 3 rings (SSSR count). The summed E-state index contributed by atoms with van der Waals surface area (Å²) in [5, 5.41) is 0. The highest BCUT2D eigenvalue weighted by atomic mass is 35.7. The van der Waals surface area contributed by atoms with Crippen LogP contribution in [0.5, 0.6) is 5.75 Å². The van der Waals surface area contributed by atoms with Crippen LogP contribution in [0.1, 0.15) is 31.5 Å². The lowest BCUT2D eigenvalue weighted by Crippen LogP contribution is -2.13. The Bertz CT molecular complexity index is 1210. The van der Waals surface area contributed by atoms with Crippen molar-refractivity contribution in [1.82, 2.24) is 14.5 Å². The summed E-state index contributed by atoms with van der Waals surface area (Å²) in [4.78, 5) is 20.2. The molecule has 0 fully saturated rings. The van der Waals surface area contributed by atoms with Crippen molar-refractivity contribution < 1.29 is 13.2 Å². The normalized spacial score (nSPS) is 11.9. The van der Waals surface area contributed by atoms with Gasteiger partial charge in [-0.25, -0.2) is 13.4 Å². The van der Waals surface area contributed by atoms with Gasteiger partial charge in [-0.15, -0.1) is 0 Å². The van der Waals surface area contributed by atoms with Crippen molar-refractivity contribution in [2.75, 3.05) is 6.61 Å². The monoisotopic (exact) mass is 423 g/mol. The highest BCUT2D eigenvalue weighted by molar-refractivity contribution is 8.13. The topological polar surface area (TPSA) is 94.1 Å². The molecule has 0 saturated carbocycles. The van der Waals surface area contributed by atoms with Crippen LogP contribution in [-0.2, 0) is 22.5 Å². The second-order valence-electron chi connectivity index (χ2n) is 6.51. The Morgan fingerprint density at radius 2 is 2.00 bits per heavy atom. The molecule has 0 atom stereocenters. The molecule has 1 aromatic carbocycles. The number of aryl methyl sites for hydroxylation is 2. The van der Waals surface area contributed by atoms with Crippen molar-refractivity contribution in [2.45, 2.75) is 38.5 Å². The molecule has 0 amide bonds. The Morgan fingerprint density at radius 3 is 2.61 bits per heavy atom. The van der Waals surface area contributed by atoms with Crippen LogP contribution in [0.25, 0.3) is 22.4 Å². The predicted octanol–water partition coefficient (Wildman–Crippen LogP) is 3.52. The van der Waals surface area contributed by atoms with Gasteiger partial charge < -0.3 is 14.3 Å². The molecular formula is C19H22ClN3O4S. The quantitative estimate of drug-likeness (QED) is 0.612. The van der Waals surface area contributed by atoms with Crippen LogP contribution in [-0.4, -0.2) is 29.6 Å². The number of fused-ring (bicyclic) bond motifs is 1. The molecule has 0 saturated heterocycles. The van der Waals surface area contributed by atoms with E-state index in [2.05, 4.69) is 16.9 Å². The largest absolute Gasteiger partial charge is 0.493 e. The third kappa shape index (κ3) is 3.54. The van der Waals surface area contributed by atoms with E-state index in [1.807, 2.05) is 25.5 Å². The average molecular weight is 424 g/mol. The molecule has 0 radical (unpaired) electrons. The van der Waals surface area contributed by atoms with Gasteiger partial charge in [-0.2, -0.15) is 0 Å². The summed E-state index contributed by atoms with van der Waals surface area (Å²) in [6.07, 6.45) is 1.70. The van der Waals surface area contributed by atoms with Gasteiger partial charge >= 0.3 is 0 Å².